The van der Waals surface area contributed by atoms with E-state index >= 15 is 0 Å². The molecule has 6 nitrogen and oxygen atoms in total. The molecule has 6 heteroatoms. The van der Waals surface area contributed by atoms with Gasteiger partial charge in [-0.15, -0.1) is 0 Å². The van der Waals surface area contributed by atoms with Crippen molar-refractivity contribution in [2.75, 3.05) is 5.32 Å². The highest BCUT2D eigenvalue weighted by Crippen LogP contribution is 2.26. The Labute approximate surface area is 193 Å². The number of nitrogens with zero attached hydrogens (tertiary/aromatic N) is 2. The summed E-state index contributed by atoms with van der Waals surface area (Å²) >= 11 is 0. The van der Waals surface area contributed by atoms with Crippen LogP contribution in [0, 0.1) is 5.92 Å². The molecule has 1 N–H and O–H groups in total. The first kappa shape index (κ1) is 22.4. The Balaban J connectivity index is 1.71. The van der Waals surface area contributed by atoms with Gasteiger partial charge in [0.1, 0.15) is 5.76 Å². The van der Waals surface area contributed by atoms with Crippen LogP contribution in [0.1, 0.15) is 38.1 Å². The summed E-state index contributed by atoms with van der Waals surface area (Å²) in [5.74, 6) is 0.989. The topological polar surface area (TPSA) is 67.5 Å². The number of furan rings is 1. The lowest BCUT2D eigenvalue weighted by Crippen LogP contribution is -2.37. The van der Waals surface area contributed by atoms with Gasteiger partial charge >= 0.3 is 6.03 Å². The molecule has 4 aromatic rings. The normalized spacial score (nSPS) is 12.1. The van der Waals surface area contributed by atoms with Crippen molar-refractivity contribution in [3.8, 4) is 0 Å². The second kappa shape index (κ2) is 9.77. The van der Waals surface area contributed by atoms with Crippen LogP contribution in [0.15, 0.2) is 88.4 Å². The van der Waals surface area contributed by atoms with Crippen molar-refractivity contribution in [1.29, 1.82) is 0 Å². The van der Waals surface area contributed by atoms with Crippen molar-refractivity contribution in [1.82, 2.24) is 9.47 Å². The summed E-state index contributed by atoms with van der Waals surface area (Å²) < 4.78 is 7.21. The third-order valence-electron chi connectivity index (χ3n) is 5.71. The fourth-order valence-electron chi connectivity index (χ4n) is 4.03. The number of benzene rings is 2. The van der Waals surface area contributed by atoms with Gasteiger partial charge in [-0.25, -0.2) is 4.79 Å². The van der Waals surface area contributed by atoms with E-state index in [0.29, 0.717) is 35.8 Å². The van der Waals surface area contributed by atoms with Crippen molar-refractivity contribution < 1.29 is 9.21 Å². The lowest BCUT2D eigenvalue weighted by molar-refractivity contribution is 0.183. The van der Waals surface area contributed by atoms with E-state index in [-0.39, 0.29) is 17.6 Å². The van der Waals surface area contributed by atoms with Crippen molar-refractivity contribution in [3.05, 3.63) is 101 Å². The molecule has 0 aliphatic rings. The largest absolute Gasteiger partial charge is 0.467 e. The lowest BCUT2D eigenvalue weighted by Gasteiger charge is -2.29. The van der Waals surface area contributed by atoms with Gasteiger partial charge in [0.2, 0.25) is 0 Å². The molecule has 2 amide bonds. The smallest absolute Gasteiger partial charge is 0.322 e. The molecule has 0 bridgehead atoms. The maximum atomic E-state index is 13.6. The molecule has 0 radical (unpaired) electrons. The fourth-order valence-corrected chi connectivity index (χ4v) is 4.03. The summed E-state index contributed by atoms with van der Waals surface area (Å²) in [5.41, 5.74) is 1.58. The molecule has 2 aromatic carbocycles. The molecule has 0 fully saturated rings. The van der Waals surface area contributed by atoms with Crippen molar-refractivity contribution >= 4 is 22.5 Å². The number of nitrogens with one attached hydrogen (secondary N) is 1. The van der Waals surface area contributed by atoms with Gasteiger partial charge in [-0.2, -0.15) is 0 Å². The van der Waals surface area contributed by atoms with Gasteiger partial charge in [0, 0.05) is 23.5 Å². The lowest BCUT2D eigenvalue weighted by atomic mass is 10.1. The Bertz CT molecular complexity index is 1280. The predicted molar refractivity (Wildman–Crippen MR) is 131 cm³/mol. The van der Waals surface area contributed by atoms with E-state index in [1.165, 1.54) is 0 Å². The Morgan fingerprint density at radius 1 is 0.970 bits per heavy atom. The van der Waals surface area contributed by atoms with Crippen molar-refractivity contribution in [2.24, 2.45) is 5.92 Å². The second-order valence-corrected chi connectivity index (χ2v) is 8.66. The highest BCUT2D eigenvalue weighted by atomic mass is 16.3. The molecule has 0 aliphatic carbocycles. The van der Waals surface area contributed by atoms with Crippen LogP contribution in [0.3, 0.4) is 0 Å². The minimum atomic E-state index is -0.261. The molecule has 2 aromatic heterocycles. The van der Waals surface area contributed by atoms with Crippen LogP contribution in [0.5, 0.6) is 0 Å². The molecule has 0 spiro atoms. The van der Waals surface area contributed by atoms with E-state index in [1.54, 1.807) is 28.0 Å². The number of carbonyl (C=O) groups is 1. The van der Waals surface area contributed by atoms with E-state index in [9.17, 15) is 9.59 Å². The monoisotopic (exact) mass is 443 g/mol. The SMILES string of the molecule is CC(C)Cn1cc(NC(=O)N(Cc2ccco2)[C@@H](C)c2ccccc2)c2ccccc2c1=O. The number of pyridine rings is 1. The molecule has 170 valence electrons. The van der Waals surface area contributed by atoms with Crippen molar-refractivity contribution in [2.45, 2.75) is 39.9 Å². The van der Waals surface area contributed by atoms with E-state index in [4.69, 9.17) is 4.42 Å². The van der Waals surface area contributed by atoms with Gasteiger partial charge in [0.25, 0.3) is 5.56 Å². The Morgan fingerprint density at radius 3 is 2.33 bits per heavy atom. The van der Waals surface area contributed by atoms with Gasteiger partial charge in [-0.1, -0.05) is 62.4 Å². The minimum absolute atomic E-state index is 0.0533. The van der Waals surface area contributed by atoms with Crippen LogP contribution in [0.25, 0.3) is 10.8 Å². The maximum absolute atomic E-state index is 13.6. The minimum Gasteiger partial charge on any atom is -0.467 e. The van der Waals surface area contributed by atoms with Crippen LogP contribution in [-0.4, -0.2) is 15.5 Å². The summed E-state index contributed by atoms with van der Waals surface area (Å²) in [6.07, 6.45) is 3.36. The zero-order valence-electron chi connectivity index (χ0n) is 19.2. The number of urea groups is 1. The zero-order valence-corrected chi connectivity index (χ0v) is 19.2. The van der Waals surface area contributed by atoms with E-state index in [2.05, 4.69) is 19.2 Å². The van der Waals surface area contributed by atoms with Gasteiger partial charge in [-0.05, 0) is 36.6 Å². The molecular weight excluding hydrogens is 414 g/mol. The van der Waals surface area contributed by atoms with E-state index in [0.717, 1.165) is 10.9 Å². The Morgan fingerprint density at radius 2 is 1.67 bits per heavy atom. The summed E-state index contributed by atoms with van der Waals surface area (Å²) in [6.45, 7) is 7.01. The Kier molecular flexibility index (Phi) is 6.63. The summed E-state index contributed by atoms with van der Waals surface area (Å²) in [6, 6.07) is 20.5. The first-order valence-corrected chi connectivity index (χ1v) is 11.2. The predicted octanol–water partition coefficient (Wildman–Crippen LogP) is 6.05. The number of hydrogen-bond acceptors (Lipinski definition) is 3. The summed E-state index contributed by atoms with van der Waals surface area (Å²) in [5, 5.41) is 4.39. The van der Waals surface area contributed by atoms with Gasteiger partial charge in [-0.3, -0.25) is 4.79 Å². The molecule has 0 aliphatic heterocycles. The van der Waals surface area contributed by atoms with Crippen LogP contribution < -0.4 is 10.9 Å². The number of carbonyl (C=O) groups excluding carboxylic acids is 1. The van der Waals surface area contributed by atoms with Crippen LogP contribution >= 0.6 is 0 Å². The standard InChI is InChI=1S/C27H29N3O3/c1-19(2)16-29-18-25(23-13-7-8-14-24(23)26(29)31)28-27(32)30(17-22-12-9-15-33-22)20(3)21-10-5-4-6-11-21/h4-15,18-20H,16-17H2,1-3H3,(H,28,32)/t20-/m0/s1. The quantitative estimate of drug-likeness (QED) is 0.378. The number of aromatic nitrogens is 1. The average Bonchev–Trinajstić information content (AvgIpc) is 3.33. The average molecular weight is 444 g/mol. The number of fused-ring (bicyclic) bond motifs is 1. The van der Waals surface area contributed by atoms with Crippen LogP contribution in [0.2, 0.25) is 0 Å². The molecule has 0 unspecified atom stereocenters. The van der Waals surface area contributed by atoms with Crippen LogP contribution in [0.4, 0.5) is 10.5 Å². The Hall–Kier alpha value is -3.80. The molecule has 1 atom stereocenters. The molecule has 0 saturated carbocycles. The first-order valence-electron chi connectivity index (χ1n) is 11.2. The molecule has 0 saturated heterocycles. The molecule has 4 rings (SSSR count). The summed E-state index contributed by atoms with van der Waals surface area (Å²) in [7, 11) is 0. The van der Waals surface area contributed by atoms with E-state index < -0.39 is 0 Å². The second-order valence-electron chi connectivity index (χ2n) is 8.66. The zero-order chi connectivity index (χ0) is 23.4. The molecule has 33 heavy (non-hydrogen) atoms. The van der Waals surface area contributed by atoms with Gasteiger partial charge < -0.3 is 19.2 Å². The third-order valence-corrected chi connectivity index (χ3v) is 5.71. The first-order chi connectivity index (χ1) is 15.9. The fraction of sp³-hybridized carbons (Fsp3) is 0.259. The summed E-state index contributed by atoms with van der Waals surface area (Å²) in [4.78, 5) is 28.3. The van der Waals surface area contributed by atoms with E-state index in [1.807, 2.05) is 67.6 Å². The number of amides is 2. The molecule has 2 heterocycles. The van der Waals surface area contributed by atoms with Gasteiger partial charge in [0.15, 0.2) is 0 Å². The molecular formula is C27H29N3O3. The number of rotatable bonds is 7. The number of anilines is 1. The van der Waals surface area contributed by atoms with Crippen LogP contribution in [-0.2, 0) is 13.1 Å². The third kappa shape index (κ3) is 5.00. The van der Waals surface area contributed by atoms with Crippen molar-refractivity contribution in [3.63, 3.8) is 0 Å². The maximum Gasteiger partial charge on any atom is 0.322 e. The highest BCUT2D eigenvalue weighted by Gasteiger charge is 2.24. The highest BCUT2D eigenvalue weighted by molar-refractivity contribution is 6.01. The van der Waals surface area contributed by atoms with Gasteiger partial charge in [0.05, 0.1) is 24.5 Å². The number of hydrogen-bond donors (Lipinski definition) is 1.